The van der Waals surface area contributed by atoms with E-state index in [-0.39, 0.29) is 11.7 Å². The molecule has 2 N–H and O–H groups in total. The molecule has 0 aromatic rings. The van der Waals surface area contributed by atoms with Gasteiger partial charge in [-0.15, -0.1) is 0 Å². The molecule has 0 bridgehead atoms. The van der Waals surface area contributed by atoms with Gasteiger partial charge in [-0.2, -0.15) is 0 Å². The number of amides is 1. The quantitative estimate of drug-likeness (QED) is 0.379. The first kappa shape index (κ1) is 23.7. The molecule has 29 heavy (non-hydrogen) atoms. The summed E-state index contributed by atoms with van der Waals surface area (Å²) in [5, 5.41) is 6.74. The predicted molar refractivity (Wildman–Crippen MR) is 116 cm³/mol. The molecule has 1 amide bonds. The summed E-state index contributed by atoms with van der Waals surface area (Å²) in [5.74, 6) is 0.860. The first-order valence-corrected chi connectivity index (χ1v) is 11.1. The fourth-order valence-electron chi connectivity index (χ4n) is 3.54. The summed E-state index contributed by atoms with van der Waals surface area (Å²) >= 11 is 0. The van der Waals surface area contributed by atoms with Crippen molar-refractivity contribution in [3.8, 4) is 0 Å². The van der Waals surface area contributed by atoms with Crippen molar-refractivity contribution in [1.82, 2.24) is 20.4 Å². The molecule has 0 aliphatic carbocycles. The summed E-state index contributed by atoms with van der Waals surface area (Å²) in [4.78, 5) is 21.1. The van der Waals surface area contributed by atoms with Gasteiger partial charge >= 0.3 is 6.09 Å². The minimum absolute atomic E-state index is 0.115. The van der Waals surface area contributed by atoms with Crippen molar-refractivity contribution in [1.29, 1.82) is 0 Å². The second kappa shape index (κ2) is 11.0. The molecule has 1 atom stereocenters. The third-order valence-corrected chi connectivity index (χ3v) is 5.18. The summed E-state index contributed by atoms with van der Waals surface area (Å²) in [6.07, 6.45) is 3.03. The summed E-state index contributed by atoms with van der Waals surface area (Å²) in [6, 6.07) is 0. The number of rotatable bonds is 7. The van der Waals surface area contributed by atoms with E-state index >= 15 is 0 Å². The van der Waals surface area contributed by atoms with Crippen LogP contribution in [-0.2, 0) is 9.47 Å². The van der Waals surface area contributed by atoms with Crippen molar-refractivity contribution in [3.63, 3.8) is 0 Å². The van der Waals surface area contributed by atoms with Crippen LogP contribution in [0.4, 0.5) is 4.79 Å². The fourth-order valence-corrected chi connectivity index (χ4v) is 3.54. The molecule has 0 radical (unpaired) electrons. The molecule has 2 heterocycles. The van der Waals surface area contributed by atoms with Crippen LogP contribution >= 0.6 is 0 Å². The van der Waals surface area contributed by atoms with E-state index in [1.807, 2.05) is 25.7 Å². The van der Waals surface area contributed by atoms with Gasteiger partial charge in [-0.3, -0.25) is 9.89 Å². The Kier molecular flexibility index (Phi) is 9.02. The maximum absolute atomic E-state index is 12.1. The average molecular weight is 412 g/mol. The summed E-state index contributed by atoms with van der Waals surface area (Å²) < 4.78 is 11.3. The fraction of sp³-hybridized carbons (Fsp3) is 0.905. The van der Waals surface area contributed by atoms with E-state index in [2.05, 4.69) is 29.4 Å². The number of guanidine groups is 1. The van der Waals surface area contributed by atoms with Gasteiger partial charge in [-0.05, 0) is 60.4 Å². The van der Waals surface area contributed by atoms with Crippen LogP contribution in [0.1, 0.15) is 53.9 Å². The molecule has 2 fully saturated rings. The predicted octanol–water partition coefficient (Wildman–Crippen LogP) is 2.05. The van der Waals surface area contributed by atoms with Crippen LogP contribution in [0.2, 0.25) is 0 Å². The second-order valence-electron chi connectivity index (χ2n) is 9.19. The Morgan fingerprint density at radius 1 is 1.21 bits per heavy atom. The zero-order valence-electron chi connectivity index (χ0n) is 19.1. The van der Waals surface area contributed by atoms with Crippen LogP contribution in [0.25, 0.3) is 0 Å². The second-order valence-corrected chi connectivity index (χ2v) is 9.19. The number of hydrogen-bond donors (Lipinski definition) is 2. The zero-order valence-corrected chi connectivity index (χ0v) is 19.1. The van der Waals surface area contributed by atoms with Gasteiger partial charge in [0.05, 0.1) is 12.1 Å². The van der Waals surface area contributed by atoms with Gasteiger partial charge in [0, 0.05) is 45.9 Å². The Balaban J connectivity index is 1.64. The number of aliphatic imine (C=N–C) groups is 1. The molecular weight excluding hydrogens is 370 g/mol. The Morgan fingerprint density at radius 2 is 1.93 bits per heavy atom. The molecule has 8 heteroatoms. The topological polar surface area (TPSA) is 78.4 Å². The molecule has 2 rings (SSSR count). The van der Waals surface area contributed by atoms with Crippen molar-refractivity contribution < 1.29 is 14.3 Å². The van der Waals surface area contributed by atoms with E-state index < -0.39 is 5.60 Å². The number of hydrogen-bond acceptors (Lipinski definition) is 5. The lowest BCUT2D eigenvalue weighted by molar-refractivity contribution is 0.0145. The highest BCUT2D eigenvalue weighted by molar-refractivity contribution is 5.79. The van der Waals surface area contributed by atoms with Crippen molar-refractivity contribution >= 4 is 12.1 Å². The maximum Gasteiger partial charge on any atom is 0.410 e. The van der Waals surface area contributed by atoms with Gasteiger partial charge in [-0.25, -0.2) is 4.79 Å². The van der Waals surface area contributed by atoms with E-state index in [9.17, 15) is 4.79 Å². The Morgan fingerprint density at radius 3 is 2.52 bits per heavy atom. The lowest BCUT2D eigenvalue weighted by Crippen LogP contribution is -2.50. The van der Waals surface area contributed by atoms with Gasteiger partial charge in [0.25, 0.3) is 0 Å². The third-order valence-electron chi connectivity index (χ3n) is 5.18. The van der Waals surface area contributed by atoms with Crippen molar-refractivity contribution in [3.05, 3.63) is 0 Å². The molecular formula is C21H41N5O3. The lowest BCUT2D eigenvalue weighted by atomic mass is 10.0. The number of piperazine rings is 1. The number of nitrogens with one attached hydrogen (secondary N) is 2. The van der Waals surface area contributed by atoms with Crippen LogP contribution in [0.15, 0.2) is 4.99 Å². The zero-order chi connectivity index (χ0) is 21.3. The number of ether oxygens (including phenoxy) is 2. The molecule has 0 spiro atoms. The molecule has 2 saturated heterocycles. The molecule has 2 aliphatic heterocycles. The summed E-state index contributed by atoms with van der Waals surface area (Å²) in [7, 11) is 0. The molecule has 0 aromatic heterocycles. The minimum atomic E-state index is -0.438. The molecule has 168 valence electrons. The van der Waals surface area contributed by atoms with Gasteiger partial charge in [-0.1, -0.05) is 0 Å². The van der Waals surface area contributed by atoms with Crippen LogP contribution < -0.4 is 10.6 Å². The van der Waals surface area contributed by atoms with Gasteiger partial charge in [0.15, 0.2) is 5.96 Å². The highest BCUT2D eigenvalue weighted by Crippen LogP contribution is 2.25. The van der Waals surface area contributed by atoms with Crippen LogP contribution in [-0.4, -0.2) is 92.0 Å². The Hall–Kier alpha value is -1.54. The Bertz CT molecular complexity index is 533. The highest BCUT2D eigenvalue weighted by Gasteiger charge is 2.29. The Labute approximate surface area is 176 Å². The van der Waals surface area contributed by atoms with E-state index in [0.717, 1.165) is 77.6 Å². The summed E-state index contributed by atoms with van der Waals surface area (Å²) in [5.41, 5.74) is -0.552. The van der Waals surface area contributed by atoms with Crippen molar-refractivity contribution in [2.24, 2.45) is 4.99 Å². The van der Waals surface area contributed by atoms with Crippen LogP contribution in [0.5, 0.6) is 0 Å². The number of carbonyl (C=O) groups is 1. The van der Waals surface area contributed by atoms with Crippen LogP contribution in [0, 0.1) is 0 Å². The molecule has 1 unspecified atom stereocenters. The van der Waals surface area contributed by atoms with Crippen LogP contribution in [0.3, 0.4) is 0 Å². The minimum Gasteiger partial charge on any atom is -0.444 e. The van der Waals surface area contributed by atoms with E-state index in [0.29, 0.717) is 6.54 Å². The molecule has 0 aromatic carbocycles. The highest BCUT2D eigenvalue weighted by atomic mass is 16.6. The standard InChI is InChI=1S/C21H41N5O3/c1-6-22-18(24-17-21(5)9-7-16-28-21)23-10-8-11-25-12-14-26(15-13-25)19(27)29-20(2,3)4/h6-17H2,1-5H3,(H2,22,23,24). The first-order chi connectivity index (χ1) is 13.7. The SMILES string of the molecule is CCNC(=NCC1(C)CCCO1)NCCCN1CCN(C(=O)OC(C)(C)C)CC1. The average Bonchev–Trinajstić information content (AvgIpc) is 3.09. The largest absolute Gasteiger partial charge is 0.444 e. The van der Waals surface area contributed by atoms with Gasteiger partial charge in [0.2, 0.25) is 0 Å². The van der Waals surface area contributed by atoms with Gasteiger partial charge in [0.1, 0.15) is 5.60 Å². The van der Waals surface area contributed by atoms with E-state index in [1.54, 1.807) is 0 Å². The van der Waals surface area contributed by atoms with E-state index in [1.165, 1.54) is 0 Å². The normalized spacial score (nSPS) is 23.9. The molecule has 2 aliphatic rings. The van der Waals surface area contributed by atoms with Crippen molar-refractivity contribution in [2.75, 3.05) is 59.0 Å². The number of carbonyl (C=O) groups excluding carboxylic acids is 1. The van der Waals surface area contributed by atoms with Gasteiger partial charge < -0.3 is 25.0 Å². The third kappa shape index (κ3) is 8.78. The first-order valence-electron chi connectivity index (χ1n) is 11.1. The molecule has 0 saturated carbocycles. The molecule has 8 nitrogen and oxygen atoms in total. The van der Waals surface area contributed by atoms with Crippen molar-refractivity contribution in [2.45, 2.75) is 65.1 Å². The lowest BCUT2D eigenvalue weighted by Gasteiger charge is -2.35. The van der Waals surface area contributed by atoms with E-state index in [4.69, 9.17) is 14.5 Å². The maximum atomic E-state index is 12.1. The monoisotopic (exact) mass is 411 g/mol. The summed E-state index contributed by atoms with van der Waals surface area (Å²) in [6.45, 7) is 17.4. The smallest absolute Gasteiger partial charge is 0.410 e. The number of nitrogens with zero attached hydrogens (tertiary/aromatic N) is 3.